The lowest BCUT2D eigenvalue weighted by molar-refractivity contribution is -0.338. The Kier molecular flexibility index (Phi) is 12.4. The highest BCUT2D eigenvalue weighted by molar-refractivity contribution is 6.15. The first-order chi connectivity index (χ1) is 34.5. The maximum atomic E-state index is 13.3. The number of hydrogen-bond donors (Lipinski definition) is 11. The number of phenols is 3. The fraction of sp³-hybridized carbons (Fsp3) is 0.327. The van der Waals surface area contributed by atoms with Gasteiger partial charge in [0.25, 0.3) is 0 Å². The molecular formula is C52H51N4O16+. The van der Waals surface area contributed by atoms with Crippen LogP contribution in [0.3, 0.4) is 0 Å². The van der Waals surface area contributed by atoms with E-state index in [9.17, 15) is 55.9 Å². The van der Waals surface area contributed by atoms with E-state index < -0.39 is 95.1 Å². The van der Waals surface area contributed by atoms with Crippen LogP contribution in [0.25, 0.3) is 5.76 Å². The first kappa shape index (κ1) is 48.1. The molecule has 0 radical (unpaired) electrons. The third kappa shape index (κ3) is 8.40. The number of carbonyl (C=O) groups is 1. The SMILES string of the molecule is [NH2+]=C1C=CC([C@@H](O)[C@H](CO)Oc2ccc(C3C=C(O)c4c(cc(O[C@@H]5O[C@H](C(=O)O)[C@]6(O)[C@@H](C7=NC=NC7)C(Cc7cccc(O)c7)=C[C@@]5(O)[C@@H]6O)c(OC5(c6cccc(O)c6)CCCC5)c4O)O3)cc2)=N1. The molecule has 2 aliphatic carbocycles. The second-order valence-corrected chi connectivity index (χ2v) is 18.6. The first-order valence-corrected chi connectivity index (χ1v) is 23.1. The summed E-state index contributed by atoms with van der Waals surface area (Å²) in [6, 6.07) is 20.1. The maximum Gasteiger partial charge on any atom is 0.336 e. The third-order valence-corrected chi connectivity index (χ3v) is 14.0. The van der Waals surface area contributed by atoms with Crippen molar-refractivity contribution in [1.82, 2.24) is 0 Å². The van der Waals surface area contributed by atoms with Crippen LogP contribution in [-0.2, 0) is 21.6 Å². The van der Waals surface area contributed by atoms with Gasteiger partial charge in [0, 0.05) is 18.2 Å². The summed E-state index contributed by atoms with van der Waals surface area (Å²) in [5.41, 5.74) is -4.93. The van der Waals surface area contributed by atoms with E-state index >= 15 is 0 Å². The van der Waals surface area contributed by atoms with Gasteiger partial charge in [-0.1, -0.05) is 42.0 Å². The summed E-state index contributed by atoms with van der Waals surface area (Å²) < 4.78 is 31.6. The summed E-state index contributed by atoms with van der Waals surface area (Å²) in [7, 11) is 0. The predicted molar refractivity (Wildman–Crippen MR) is 255 cm³/mol. The number of aliphatic hydroxyl groups is 6. The van der Waals surface area contributed by atoms with Crippen LogP contribution < -0.4 is 24.4 Å². The fourth-order valence-corrected chi connectivity index (χ4v) is 10.5. The molecule has 20 heteroatoms. The molecule has 20 nitrogen and oxygen atoms in total. The number of ether oxygens (including phenoxy) is 5. The van der Waals surface area contributed by atoms with Gasteiger partial charge in [0.1, 0.15) is 64.1 Å². The van der Waals surface area contributed by atoms with E-state index in [1.165, 1.54) is 61.0 Å². The largest absolute Gasteiger partial charge is 0.508 e. The molecule has 0 spiro atoms. The highest BCUT2D eigenvalue weighted by Crippen LogP contribution is 2.57. The Labute approximate surface area is 410 Å². The van der Waals surface area contributed by atoms with Crippen LogP contribution in [0, 0.1) is 5.92 Å². The van der Waals surface area contributed by atoms with Crippen LogP contribution in [0.2, 0.25) is 0 Å². The van der Waals surface area contributed by atoms with Gasteiger partial charge in [0.2, 0.25) is 12.0 Å². The van der Waals surface area contributed by atoms with Gasteiger partial charge in [-0.15, -0.1) is 0 Å². The molecule has 4 aromatic carbocycles. The average Bonchev–Trinajstić information content (AvgIpc) is 4.16. The van der Waals surface area contributed by atoms with Crippen molar-refractivity contribution < 1.29 is 85.0 Å². The number of benzene rings is 4. The van der Waals surface area contributed by atoms with Crippen molar-refractivity contribution in [3.05, 3.63) is 131 Å². The van der Waals surface area contributed by atoms with Gasteiger partial charge in [-0.2, -0.15) is 0 Å². The van der Waals surface area contributed by atoms with E-state index in [0.717, 1.165) is 0 Å². The summed E-state index contributed by atoms with van der Waals surface area (Å²) in [5, 5.41) is 120. The van der Waals surface area contributed by atoms with Gasteiger partial charge < -0.3 is 74.7 Å². The Morgan fingerprint density at radius 3 is 2.33 bits per heavy atom. The topological polar surface area (TPSA) is 328 Å². The molecule has 6 aliphatic rings. The summed E-state index contributed by atoms with van der Waals surface area (Å²) in [6.07, 6.45) is -1.48. The number of nitrogens with two attached hydrogens (primary N) is 1. The number of hydrogen-bond acceptors (Lipinski definition) is 17. The fourth-order valence-electron chi connectivity index (χ4n) is 10.5. The standard InChI is InChI=1S/C52H50N4O16/c53-40-14-13-33(56-40)43(61)39(24-57)68-32-11-9-27(10-12-32)36-20-35(60)41-37(69-36)21-38(45(44(41)62)72-50(15-1-2-16-50)29-6-4-8-31(59)19-29)70-49-51(66)22-28(17-26-5-3-7-30(58)18-26)42(34-23-54-25-55-34)52(67,48(51)65)46(71-49)47(63)64/h3-14,18-22,25,36,39,42-43,46,48-49,53,57-62,65-67H,1-2,15-17,23-24H2,(H,63,64)/p+1/t36?,39-,42+,43+,46+,48-,49+,51+,52+/m0/s1. The second-order valence-electron chi connectivity index (χ2n) is 18.6. The monoisotopic (exact) mass is 987 g/mol. The van der Waals surface area contributed by atoms with Gasteiger partial charge in [0.15, 0.2) is 41.1 Å². The van der Waals surface area contributed by atoms with Crippen LogP contribution >= 0.6 is 0 Å². The van der Waals surface area contributed by atoms with E-state index in [1.807, 2.05) is 0 Å². The average molecular weight is 988 g/mol. The quantitative estimate of drug-likeness (QED) is 0.0761. The summed E-state index contributed by atoms with van der Waals surface area (Å²) in [6.45, 7) is -0.637. The Morgan fingerprint density at radius 1 is 0.944 bits per heavy atom. The number of aliphatic imine (C=N–C) groups is 3. The molecule has 4 aromatic rings. The summed E-state index contributed by atoms with van der Waals surface area (Å²) >= 11 is 0. The highest BCUT2D eigenvalue weighted by atomic mass is 16.7. The first-order valence-electron chi connectivity index (χ1n) is 23.1. The number of fused-ring (bicyclic) bond motifs is 3. The number of nitrogens with zero attached hydrogens (tertiary/aromatic N) is 3. The molecule has 0 amide bonds. The minimum Gasteiger partial charge on any atom is -0.508 e. The summed E-state index contributed by atoms with van der Waals surface area (Å²) in [5.74, 6) is -4.96. The van der Waals surface area contributed by atoms with E-state index in [0.29, 0.717) is 42.4 Å². The maximum absolute atomic E-state index is 13.3. The Morgan fingerprint density at radius 2 is 1.68 bits per heavy atom. The van der Waals surface area contributed by atoms with Gasteiger partial charge in [-0.05, 0) is 102 Å². The van der Waals surface area contributed by atoms with Crippen LogP contribution in [0.4, 0.5) is 0 Å². The van der Waals surface area contributed by atoms with Crippen molar-refractivity contribution in [1.29, 1.82) is 0 Å². The molecule has 2 fully saturated rings. The van der Waals surface area contributed by atoms with Crippen molar-refractivity contribution in [2.75, 3.05) is 13.2 Å². The number of aliphatic carboxylic acids is 1. The normalized spacial score (nSPS) is 27.7. The van der Waals surface area contributed by atoms with Crippen LogP contribution in [0.15, 0.2) is 124 Å². The predicted octanol–water partition coefficient (Wildman–Crippen LogP) is 2.25. The lowest BCUT2D eigenvalue weighted by Crippen LogP contribution is -2.79. The van der Waals surface area contributed by atoms with Crippen LogP contribution in [-0.4, -0.2) is 136 Å². The minimum absolute atomic E-state index is 0.0576. The van der Waals surface area contributed by atoms with Gasteiger partial charge in [-0.3, -0.25) is 10.4 Å². The highest BCUT2D eigenvalue weighted by Gasteiger charge is 2.71. The molecule has 4 aliphatic heterocycles. The Hall–Kier alpha value is -7.59. The molecule has 1 saturated carbocycles. The zero-order chi connectivity index (χ0) is 50.7. The van der Waals surface area contributed by atoms with Gasteiger partial charge in [0.05, 0.1) is 24.8 Å². The number of aliphatic hydroxyl groups excluding tert-OH is 4. The van der Waals surface area contributed by atoms with E-state index in [-0.39, 0.29) is 64.4 Å². The number of carboxylic acid groups (broad SMARTS) is 1. The zero-order valence-corrected chi connectivity index (χ0v) is 38.2. The van der Waals surface area contributed by atoms with Crippen molar-refractivity contribution in [3.8, 4) is 40.2 Å². The number of amidine groups is 1. The van der Waals surface area contributed by atoms with Crippen LogP contribution in [0.5, 0.6) is 40.2 Å². The molecule has 2 bridgehead atoms. The molecular weight excluding hydrogens is 937 g/mol. The Bertz CT molecular complexity index is 3020. The van der Waals surface area contributed by atoms with Crippen molar-refractivity contribution in [3.63, 3.8) is 0 Å². The molecule has 4 heterocycles. The third-order valence-electron chi connectivity index (χ3n) is 14.0. The Balaban J connectivity index is 1.05. The van der Waals surface area contributed by atoms with Gasteiger partial charge in [-0.25, -0.2) is 9.79 Å². The van der Waals surface area contributed by atoms with E-state index in [4.69, 9.17) is 29.1 Å². The number of rotatable bonds is 15. The smallest absolute Gasteiger partial charge is 0.336 e. The van der Waals surface area contributed by atoms with Crippen LogP contribution in [0.1, 0.15) is 54.0 Å². The molecule has 9 atom stereocenters. The number of phenolic OH excluding ortho intramolecular Hbond substituents is 3. The van der Waals surface area contributed by atoms with Crippen molar-refractivity contribution in [2.24, 2.45) is 20.9 Å². The molecule has 72 heavy (non-hydrogen) atoms. The summed E-state index contributed by atoms with van der Waals surface area (Å²) in [4.78, 5) is 25.8. The second kappa shape index (κ2) is 18.5. The lowest BCUT2D eigenvalue weighted by atomic mass is 9.60. The molecule has 12 N–H and O–H groups in total. The van der Waals surface area contributed by atoms with E-state index in [2.05, 4.69) is 15.0 Å². The van der Waals surface area contributed by atoms with Crippen molar-refractivity contribution >= 4 is 35.3 Å². The molecule has 1 unspecified atom stereocenters. The lowest BCUT2D eigenvalue weighted by Gasteiger charge is -2.57. The number of carboxylic acids is 1. The van der Waals surface area contributed by atoms with E-state index in [1.54, 1.807) is 48.5 Å². The molecule has 1 saturated heterocycles. The zero-order valence-electron chi connectivity index (χ0n) is 38.2. The van der Waals surface area contributed by atoms with Crippen molar-refractivity contribution in [2.45, 2.75) is 85.7 Å². The minimum atomic E-state index is -2.80. The molecule has 0 aromatic heterocycles. The van der Waals surface area contributed by atoms with Gasteiger partial charge >= 0.3 is 11.8 Å². The molecule has 10 rings (SSSR count). The molecule has 374 valence electrons. The number of aromatic hydroxyl groups is 3.